The third-order valence-corrected chi connectivity index (χ3v) is 3.11. The van der Waals surface area contributed by atoms with Crippen molar-refractivity contribution in [1.82, 2.24) is 10.6 Å². The molecular weight excluding hydrogens is 274 g/mol. The monoisotopic (exact) mass is 293 g/mol. The second-order valence-corrected chi connectivity index (χ2v) is 4.36. The molecule has 0 aliphatic rings. The topological polar surface area (TPSA) is 87.7 Å². The lowest BCUT2D eigenvalue weighted by Crippen LogP contribution is -2.48. The van der Waals surface area contributed by atoms with Crippen LogP contribution in [-0.4, -0.2) is 45.2 Å². The normalized spacial score (nSPS) is 11.2. The second-order valence-electron chi connectivity index (χ2n) is 4.36. The number of carbonyl (C=O) groups is 3. The molecule has 0 aromatic heterocycles. The summed E-state index contributed by atoms with van der Waals surface area (Å²) in [6, 6.07) is 5.55. The summed E-state index contributed by atoms with van der Waals surface area (Å²) < 4.78 is 4.72. The molecule has 0 bridgehead atoms. The summed E-state index contributed by atoms with van der Waals surface area (Å²) in [6.07, 6.45) is 0. The number of ether oxygens (including phenoxy) is 1. The van der Waals surface area contributed by atoms with Crippen LogP contribution in [0.3, 0.4) is 0 Å². The molecule has 1 aromatic rings. The number of nitrogens with one attached hydrogen (secondary N) is 2. The Kier molecular flexibility index (Phi) is 5.71. The van der Waals surface area contributed by atoms with Gasteiger partial charge in [0.15, 0.2) is 0 Å². The van der Waals surface area contributed by atoms with Crippen molar-refractivity contribution in [3.63, 3.8) is 0 Å². The van der Waals surface area contributed by atoms with Crippen LogP contribution in [0.4, 0.5) is 10.5 Å². The lowest BCUT2D eigenvalue weighted by molar-refractivity contribution is -0.120. The maximum absolute atomic E-state index is 11.9. The molecule has 0 radical (unpaired) electrons. The second kappa shape index (κ2) is 7.28. The lowest BCUT2D eigenvalue weighted by atomic mass is 10.1. The van der Waals surface area contributed by atoms with E-state index in [-0.39, 0.29) is 0 Å². The zero-order valence-electron chi connectivity index (χ0n) is 12.5. The summed E-state index contributed by atoms with van der Waals surface area (Å²) in [4.78, 5) is 36.5. The van der Waals surface area contributed by atoms with Gasteiger partial charge in [-0.05, 0) is 19.1 Å². The van der Waals surface area contributed by atoms with Crippen molar-refractivity contribution >= 4 is 23.6 Å². The van der Waals surface area contributed by atoms with Gasteiger partial charge in [0, 0.05) is 14.1 Å². The Bertz CT molecular complexity index is 545. The molecule has 1 aromatic carbocycles. The van der Waals surface area contributed by atoms with Crippen molar-refractivity contribution < 1.29 is 19.1 Å². The van der Waals surface area contributed by atoms with E-state index in [1.807, 2.05) is 0 Å². The zero-order valence-corrected chi connectivity index (χ0v) is 12.5. The van der Waals surface area contributed by atoms with Crippen LogP contribution in [0.1, 0.15) is 17.3 Å². The highest BCUT2D eigenvalue weighted by atomic mass is 16.5. The lowest BCUT2D eigenvalue weighted by Gasteiger charge is -2.27. The molecule has 2 N–H and O–H groups in total. The quantitative estimate of drug-likeness (QED) is 0.800. The van der Waals surface area contributed by atoms with Gasteiger partial charge in [-0.3, -0.25) is 10.1 Å². The zero-order chi connectivity index (χ0) is 16.0. The number of nitrogens with zero attached hydrogens (tertiary/aromatic N) is 1. The van der Waals surface area contributed by atoms with Crippen molar-refractivity contribution in [3.8, 4) is 0 Å². The predicted octanol–water partition coefficient (Wildman–Crippen LogP) is 0.753. The fourth-order valence-corrected chi connectivity index (χ4v) is 1.73. The fraction of sp³-hybridized carbons (Fsp3) is 0.357. The molecule has 0 aliphatic heterocycles. The van der Waals surface area contributed by atoms with E-state index >= 15 is 0 Å². The Balaban J connectivity index is 2.97. The largest absolute Gasteiger partial charge is 0.465 e. The van der Waals surface area contributed by atoms with Crippen molar-refractivity contribution in [3.05, 3.63) is 29.8 Å². The maximum Gasteiger partial charge on any atom is 0.339 e. The molecular formula is C14H19N3O4. The molecule has 3 amide bonds. The Morgan fingerprint density at radius 2 is 1.86 bits per heavy atom. The number of esters is 1. The minimum atomic E-state index is -0.645. The molecule has 1 unspecified atom stereocenters. The van der Waals surface area contributed by atoms with Gasteiger partial charge in [0.05, 0.1) is 18.4 Å². The molecule has 0 saturated carbocycles. The first-order valence-electron chi connectivity index (χ1n) is 6.35. The van der Waals surface area contributed by atoms with Crippen LogP contribution < -0.4 is 15.5 Å². The molecule has 21 heavy (non-hydrogen) atoms. The van der Waals surface area contributed by atoms with Crippen LogP contribution in [0.5, 0.6) is 0 Å². The van der Waals surface area contributed by atoms with Crippen LogP contribution in [0, 0.1) is 0 Å². The molecule has 114 valence electrons. The number of hydrogen-bond donors (Lipinski definition) is 2. The van der Waals surface area contributed by atoms with E-state index in [1.54, 1.807) is 43.1 Å². The van der Waals surface area contributed by atoms with Gasteiger partial charge in [-0.1, -0.05) is 12.1 Å². The molecule has 7 nitrogen and oxygen atoms in total. The number of anilines is 1. The summed E-state index contributed by atoms with van der Waals surface area (Å²) in [5.74, 6) is -0.965. The number of para-hydroxylation sites is 1. The molecule has 0 heterocycles. The molecule has 0 spiro atoms. The molecule has 0 aliphatic carbocycles. The summed E-state index contributed by atoms with van der Waals surface area (Å²) in [6.45, 7) is 1.63. The van der Waals surface area contributed by atoms with Crippen LogP contribution in [0.2, 0.25) is 0 Å². The van der Waals surface area contributed by atoms with Crippen molar-refractivity contribution in [2.24, 2.45) is 0 Å². The number of hydrogen-bond acceptors (Lipinski definition) is 5. The first-order valence-corrected chi connectivity index (χ1v) is 6.35. The van der Waals surface area contributed by atoms with Gasteiger partial charge in [-0.2, -0.15) is 0 Å². The van der Waals surface area contributed by atoms with E-state index in [0.717, 1.165) is 0 Å². The number of amides is 3. The maximum atomic E-state index is 11.9. The average molecular weight is 293 g/mol. The Labute approximate surface area is 123 Å². The van der Waals surface area contributed by atoms with Gasteiger partial charge in [-0.25, -0.2) is 9.59 Å². The number of carbonyl (C=O) groups excluding carboxylic acids is 3. The minimum Gasteiger partial charge on any atom is -0.465 e. The Morgan fingerprint density at radius 3 is 2.43 bits per heavy atom. The third kappa shape index (κ3) is 3.95. The Hall–Kier alpha value is -2.57. The van der Waals surface area contributed by atoms with E-state index in [9.17, 15) is 14.4 Å². The van der Waals surface area contributed by atoms with Crippen molar-refractivity contribution in [2.75, 3.05) is 26.1 Å². The molecule has 0 fully saturated rings. The smallest absolute Gasteiger partial charge is 0.339 e. The van der Waals surface area contributed by atoms with E-state index in [2.05, 4.69) is 10.6 Å². The average Bonchev–Trinajstić information content (AvgIpc) is 2.52. The first-order chi connectivity index (χ1) is 9.92. The number of methoxy groups -OCH3 is 1. The van der Waals surface area contributed by atoms with Gasteiger partial charge in [0.25, 0.3) is 0 Å². The van der Waals surface area contributed by atoms with Crippen LogP contribution >= 0.6 is 0 Å². The van der Waals surface area contributed by atoms with Gasteiger partial charge in [-0.15, -0.1) is 0 Å². The van der Waals surface area contributed by atoms with Gasteiger partial charge >= 0.3 is 12.0 Å². The summed E-state index contributed by atoms with van der Waals surface area (Å²) >= 11 is 0. The number of rotatable bonds is 4. The highest BCUT2D eigenvalue weighted by molar-refractivity contribution is 6.00. The van der Waals surface area contributed by atoms with Crippen LogP contribution in [0.15, 0.2) is 24.3 Å². The predicted molar refractivity (Wildman–Crippen MR) is 78.2 cm³/mol. The minimum absolute atomic E-state index is 0.349. The number of urea groups is 1. The van der Waals surface area contributed by atoms with Gasteiger partial charge in [0.2, 0.25) is 5.91 Å². The third-order valence-electron chi connectivity index (χ3n) is 3.11. The van der Waals surface area contributed by atoms with E-state index < -0.39 is 23.9 Å². The fourth-order valence-electron chi connectivity index (χ4n) is 1.73. The number of benzene rings is 1. The van der Waals surface area contributed by atoms with Crippen LogP contribution in [-0.2, 0) is 9.53 Å². The first kappa shape index (κ1) is 16.5. The van der Waals surface area contributed by atoms with Crippen molar-refractivity contribution in [1.29, 1.82) is 0 Å². The Morgan fingerprint density at radius 1 is 1.24 bits per heavy atom. The number of likely N-dealkylation sites (N-methyl/N-ethyl adjacent to an activating group) is 1. The van der Waals surface area contributed by atoms with Gasteiger partial charge in [0.1, 0.15) is 6.04 Å². The van der Waals surface area contributed by atoms with E-state index in [4.69, 9.17) is 4.74 Å². The highest BCUT2D eigenvalue weighted by Crippen LogP contribution is 2.21. The van der Waals surface area contributed by atoms with Crippen molar-refractivity contribution in [2.45, 2.75) is 13.0 Å². The molecule has 0 saturated heterocycles. The SMILES string of the molecule is CNC(=O)NC(=O)C(C)N(C)c1ccccc1C(=O)OC. The highest BCUT2D eigenvalue weighted by Gasteiger charge is 2.23. The summed E-state index contributed by atoms with van der Waals surface area (Å²) in [5, 5.41) is 4.50. The molecule has 1 atom stereocenters. The van der Waals surface area contributed by atoms with Gasteiger partial charge < -0.3 is 15.0 Å². The number of imide groups is 1. The summed E-state index contributed by atoms with van der Waals surface area (Å²) in [5.41, 5.74) is 0.894. The standard InChI is InChI=1S/C14H19N3O4/c1-9(12(18)16-14(20)15-2)17(3)11-8-6-5-7-10(11)13(19)21-4/h5-9H,1-4H3,(H2,15,16,18,20). The summed E-state index contributed by atoms with van der Waals surface area (Å²) in [7, 11) is 4.38. The van der Waals surface area contributed by atoms with E-state index in [1.165, 1.54) is 14.2 Å². The van der Waals surface area contributed by atoms with Crippen LogP contribution in [0.25, 0.3) is 0 Å². The van der Waals surface area contributed by atoms with E-state index in [0.29, 0.717) is 11.3 Å². The molecule has 1 rings (SSSR count). The molecule has 7 heteroatoms.